The fraction of sp³-hybridized carbons (Fsp3) is 0.231. The summed E-state index contributed by atoms with van der Waals surface area (Å²) < 4.78 is 9.14. The first-order valence-corrected chi connectivity index (χ1v) is 5.57. The number of carbonyl (C=O) groups is 2. The number of carbonyl (C=O) groups excluding carboxylic acids is 2. The molecular weight excluding hydrogens is 268 g/mol. The van der Waals surface area contributed by atoms with E-state index in [-0.39, 0.29) is 11.5 Å². The summed E-state index contributed by atoms with van der Waals surface area (Å²) in [6.07, 6.45) is 0.553. The molecule has 0 aliphatic heterocycles. The molecule has 0 fully saturated rings. The number of aliphatic hydroxyl groups excluding tert-OH is 2. The maximum Gasteiger partial charge on any atom is 0.345 e. The van der Waals surface area contributed by atoms with Crippen LogP contribution >= 0.6 is 0 Å². The molecule has 0 heterocycles. The van der Waals surface area contributed by atoms with Crippen molar-refractivity contribution in [2.45, 2.75) is 6.10 Å². The first kappa shape index (κ1) is 15.7. The first-order valence-electron chi connectivity index (χ1n) is 5.57. The third-order valence-electron chi connectivity index (χ3n) is 2.26. The molecule has 0 aromatic heterocycles. The van der Waals surface area contributed by atoms with Gasteiger partial charge in [0.2, 0.25) is 0 Å². The third-order valence-corrected chi connectivity index (χ3v) is 2.26. The summed E-state index contributed by atoms with van der Waals surface area (Å²) >= 11 is 0. The van der Waals surface area contributed by atoms with Crippen molar-refractivity contribution in [3.63, 3.8) is 0 Å². The molecule has 1 aromatic rings. The molecule has 0 bridgehead atoms. The van der Waals surface area contributed by atoms with Crippen LogP contribution in [0.15, 0.2) is 24.3 Å². The van der Waals surface area contributed by atoms with Crippen LogP contribution in [0.3, 0.4) is 0 Å². The molecule has 0 radical (unpaired) electrons. The Morgan fingerprint density at radius 1 is 1.40 bits per heavy atom. The van der Waals surface area contributed by atoms with Crippen LogP contribution in [0.5, 0.6) is 11.5 Å². The van der Waals surface area contributed by atoms with Crippen molar-refractivity contribution in [1.82, 2.24) is 0 Å². The minimum atomic E-state index is -1.75. The molecule has 108 valence electrons. The first-order chi connectivity index (χ1) is 9.47. The second-order valence-electron chi connectivity index (χ2n) is 3.70. The number of benzene rings is 1. The molecule has 1 atom stereocenters. The number of phenolic OH excluding ortho intramolecular Hbond substituents is 1. The SMILES string of the molecule is COc1cc(/C=C/C(=O)OC(=O)C(O)CO)ccc1O. The number of ether oxygens (including phenoxy) is 2. The highest BCUT2D eigenvalue weighted by Crippen LogP contribution is 2.26. The van der Waals surface area contributed by atoms with E-state index < -0.39 is 24.6 Å². The summed E-state index contributed by atoms with van der Waals surface area (Å²) in [5.41, 5.74) is 0.534. The standard InChI is InChI=1S/C13H14O7/c1-19-11-6-8(2-4-9(11)15)3-5-12(17)20-13(18)10(16)7-14/h2-6,10,14-16H,7H2,1H3/b5-3+. The number of methoxy groups -OCH3 is 1. The van der Waals surface area contributed by atoms with Crippen LogP contribution in [-0.4, -0.2) is 47.1 Å². The Morgan fingerprint density at radius 3 is 2.70 bits per heavy atom. The molecule has 0 aliphatic carbocycles. The summed E-state index contributed by atoms with van der Waals surface area (Å²) in [4.78, 5) is 22.3. The van der Waals surface area contributed by atoms with Gasteiger partial charge in [0.05, 0.1) is 13.7 Å². The number of aliphatic hydroxyl groups is 2. The third kappa shape index (κ3) is 4.38. The molecule has 7 nitrogen and oxygen atoms in total. The Bertz CT molecular complexity index is 521. The van der Waals surface area contributed by atoms with Gasteiger partial charge in [-0.05, 0) is 23.8 Å². The van der Waals surface area contributed by atoms with Crippen LogP contribution in [0.1, 0.15) is 5.56 Å². The van der Waals surface area contributed by atoms with Gasteiger partial charge >= 0.3 is 11.9 Å². The minimum Gasteiger partial charge on any atom is -0.504 e. The highest BCUT2D eigenvalue weighted by Gasteiger charge is 2.17. The summed E-state index contributed by atoms with van der Waals surface area (Å²) in [6, 6.07) is 4.38. The summed E-state index contributed by atoms with van der Waals surface area (Å²) in [7, 11) is 1.38. The number of aromatic hydroxyl groups is 1. The van der Waals surface area contributed by atoms with E-state index in [0.29, 0.717) is 5.56 Å². The predicted octanol–water partition coefficient (Wildman–Crippen LogP) is -0.163. The molecule has 0 saturated carbocycles. The van der Waals surface area contributed by atoms with Crippen LogP contribution in [0.2, 0.25) is 0 Å². The van der Waals surface area contributed by atoms with Crippen molar-refractivity contribution in [2.75, 3.05) is 13.7 Å². The van der Waals surface area contributed by atoms with E-state index in [9.17, 15) is 14.7 Å². The molecule has 0 amide bonds. The van der Waals surface area contributed by atoms with Gasteiger partial charge in [-0.3, -0.25) is 0 Å². The topological polar surface area (TPSA) is 113 Å². The van der Waals surface area contributed by atoms with E-state index in [1.54, 1.807) is 0 Å². The van der Waals surface area contributed by atoms with Gasteiger partial charge in [0.25, 0.3) is 0 Å². The quantitative estimate of drug-likeness (QED) is 0.390. The lowest BCUT2D eigenvalue weighted by molar-refractivity contribution is -0.164. The van der Waals surface area contributed by atoms with E-state index >= 15 is 0 Å². The zero-order valence-electron chi connectivity index (χ0n) is 10.6. The summed E-state index contributed by atoms with van der Waals surface area (Å²) in [6.45, 7) is -0.828. The highest BCUT2D eigenvalue weighted by molar-refractivity contribution is 5.96. The maximum atomic E-state index is 11.3. The van der Waals surface area contributed by atoms with Crippen LogP contribution in [0.4, 0.5) is 0 Å². The monoisotopic (exact) mass is 282 g/mol. The van der Waals surface area contributed by atoms with E-state index in [4.69, 9.17) is 14.9 Å². The molecule has 3 N–H and O–H groups in total. The van der Waals surface area contributed by atoms with Crippen molar-refractivity contribution < 1.29 is 34.4 Å². The molecule has 20 heavy (non-hydrogen) atoms. The van der Waals surface area contributed by atoms with Gasteiger partial charge in [-0.1, -0.05) is 6.07 Å². The minimum absolute atomic E-state index is 0.0477. The average molecular weight is 282 g/mol. The number of hydrogen-bond acceptors (Lipinski definition) is 7. The van der Waals surface area contributed by atoms with Crippen LogP contribution in [-0.2, 0) is 14.3 Å². The van der Waals surface area contributed by atoms with Gasteiger partial charge in [0.15, 0.2) is 17.6 Å². The Kier molecular flexibility index (Phi) is 5.70. The van der Waals surface area contributed by atoms with E-state index in [2.05, 4.69) is 4.74 Å². The second-order valence-corrected chi connectivity index (χ2v) is 3.70. The number of phenols is 1. The predicted molar refractivity (Wildman–Crippen MR) is 67.9 cm³/mol. The number of rotatable bonds is 5. The molecule has 1 unspecified atom stereocenters. The molecule has 0 saturated heterocycles. The Balaban J connectivity index is 2.68. The van der Waals surface area contributed by atoms with Crippen molar-refractivity contribution >= 4 is 18.0 Å². The van der Waals surface area contributed by atoms with Crippen molar-refractivity contribution in [2.24, 2.45) is 0 Å². The number of hydrogen-bond donors (Lipinski definition) is 3. The second kappa shape index (κ2) is 7.27. The van der Waals surface area contributed by atoms with Crippen LogP contribution in [0.25, 0.3) is 6.08 Å². The van der Waals surface area contributed by atoms with Gasteiger partial charge in [-0.25, -0.2) is 9.59 Å². The Labute approximate surface area is 114 Å². The molecular formula is C13H14O7. The van der Waals surface area contributed by atoms with E-state index in [1.165, 1.54) is 31.4 Å². The fourth-order valence-corrected chi connectivity index (χ4v) is 1.24. The van der Waals surface area contributed by atoms with E-state index in [0.717, 1.165) is 6.08 Å². The molecule has 7 heteroatoms. The van der Waals surface area contributed by atoms with Crippen molar-refractivity contribution in [3.05, 3.63) is 29.8 Å². The molecule has 0 spiro atoms. The van der Waals surface area contributed by atoms with Gasteiger partial charge in [-0.2, -0.15) is 0 Å². The maximum absolute atomic E-state index is 11.3. The molecule has 1 aromatic carbocycles. The molecule has 1 rings (SSSR count). The fourth-order valence-electron chi connectivity index (χ4n) is 1.24. The normalized spacial score (nSPS) is 12.2. The van der Waals surface area contributed by atoms with Gasteiger partial charge in [-0.15, -0.1) is 0 Å². The van der Waals surface area contributed by atoms with Gasteiger partial charge in [0, 0.05) is 6.08 Å². The Hall–Kier alpha value is -2.38. The zero-order chi connectivity index (χ0) is 15.1. The average Bonchev–Trinajstić information content (AvgIpc) is 2.45. The lowest BCUT2D eigenvalue weighted by Gasteiger charge is -2.05. The summed E-state index contributed by atoms with van der Waals surface area (Å²) in [5.74, 6) is -2.04. The van der Waals surface area contributed by atoms with Crippen molar-refractivity contribution in [1.29, 1.82) is 0 Å². The zero-order valence-corrected chi connectivity index (χ0v) is 10.6. The highest BCUT2D eigenvalue weighted by atomic mass is 16.6. The van der Waals surface area contributed by atoms with Crippen LogP contribution < -0.4 is 4.74 Å². The van der Waals surface area contributed by atoms with E-state index in [1.807, 2.05) is 0 Å². The summed E-state index contributed by atoms with van der Waals surface area (Å²) in [5, 5.41) is 26.8. The van der Waals surface area contributed by atoms with Gasteiger partial charge < -0.3 is 24.8 Å². The van der Waals surface area contributed by atoms with Gasteiger partial charge in [0.1, 0.15) is 0 Å². The Morgan fingerprint density at radius 2 is 2.10 bits per heavy atom. The lowest BCUT2D eigenvalue weighted by Crippen LogP contribution is -2.28. The largest absolute Gasteiger partial charge is 0.504 e. The van der Waals surface area contributed by atoms with Crippen LogP contribution in [0, 0.1) is 0 Å². The van der Waals surface area contributed by atoms with Crippen molar-refractivity contribution in [3.8, 4) is 11.5 Å². The number of esters is 2. The molecule has 0 aliphatic rings. The smallest absolute Gasteiger partial charge is 0.345 e. The lowest BCUT2D eigenvalue weighted by atomic mass is 10.2.